The number of aromatic nitrogens is 2. The van der Waals surface area contributed by atoms with E-state index in [1.165, 1.54) is 11.3 Å². The molecule has 2 amide bonds. The lowest BCUT2D eigenvalue weighted by Gasteiger charge is -2.23. The normalized spacial score (nSPS) is 17.1. The van der Waals surface area contributed by atoms with Crippen molar-refractivity contribution in [3.8, 4) is 0 Å². The summed E-state index contributed by atoms with van der Waals surface area (Å²) < 4.78 is 1.78. The van der Waals surface area contributed by atoms with Gasteiger partial charge in [0.1, 0.15) is 0 Å². The Labute approximate surface area is 157 Å². The van der Waals surface area contributed by atoms with Gasteiger partial charge in [-0.2, -0.15) is 5.10 Å². The van der Waals surface area contributed by atoms with Gasteiger partial charge in [0.25, 0.3) is 5.91 Å². The van der Waals surface area contributed by atoms with Crippen LogP contribution in [-0.4, -0.2) is 39.6 Å². The minimum Gasteiger partial charge on any atom is -0.349 e. The SMILES string of the molecule is CC=CCC(=O)N1CCCC1c1ccc(C(=O)NCCn2cccn2)s1. The summed E-state index contributed by atoms with van der Waals surface area (Å²) >= 11 is 1.48. The number of thiophene rings is 1. The van der Waals surface area contributed by atoms with Crippen molar-refractivity contribution in [3.63, 3.8) is 0 Å². The lowest BCUT2D eigenvalue weighted by atomic mass is 10.2. The molecule has 26 heavy (non-hydrogen) atoms. The fourth-order valence-corrected chi connectivity index (χ4v) is 4.23. The molecule has 2 aromatic rings. The summed E-state index contributed by atoms with van der Waals surface area (Å²) in [4.78, 5) is 28.4. The molecule has 3 rings (SSSR count). The van der Waals surface area contributed by atoms with Gasteiger partial charge >= 0.3 is 0 Å². The zero-order valence-corrected chi connectivity index (χ0v) is 15.7. The molecule has 1 unspecified atom stereocenters. The second kappa shape index (κ2) is 8.80. The number of carbonyl (C=O) groups is 2. The van der Waals surface area contributed by atoms with E-state index in [1.807, 2.05) is 48.4 Å². The van der Waals surface area contributed by atoms with E-state index in [4.69, 9.17) is 0 Å². The quantitative estimate of drug-likeness (QED) is 0.760. The van der Waals surface area contributed by atoms with Crippen molar-refractivity contribution >= 4 is 23.2 Å². The summed E-state index contributed by atoms with van der Waals surface area (Å²) in [6, 6.07) is 5.80. The van der Waals surface area contributed by atoms with Gasteiger partial charge in [0.2, 0.25) is 5.91 Å². The van der Waals surface area contributed by atoms with Crippen molar-refractivity contribution in [2.75, 3.05) is 13.1 Å². The molecule has 6 nitrogen and oxygen atoms in total. The van der Waals surface area contributed by atoms with Gasteiger partial charge < -0.3 is 10.2 Å². The molecule has 1 atom stereocenters. The number of carbonyl (C=O) groups excluding carboxylic acids is 2. The van der Waals surface area contributed by atoms with Crippen LogP contribution in [-0.2, 0) is 11.3 Å². The largest absolute Gasteiger partial charge is 0.349 e. The molecule has 0 aromatic carbocycles. The van der Waals surface area contributed by atoms with Crippen LogP contribution in [0.1, 0.15) is 46.8 Å². The molecular formula is C19H24N4O2S. The topological polar surface area (TPSA) is 67.2 Å². The Morgan fingerprint density at radius 2 is 2.31 bits per heavy atom. The maximum atomic E-state index is 12.4. The van der Waals surface area contributed by atoms with Crippen molar-refractivity contribution in [2.45, 2.75) is 38.8 Å². The van der Waals surface area contributed by atoms with E-state index in [9.17, 15) is 9.59 Å². The van der Waals surface area contributed by atoms with E-state index in [-0.39, 0.29) is 17.9 Å². The Hall–Kier alpha value is -2.41. The third-order valence-electron chi connectivity index (χ3n) is 4.47. The molecule has 2 aromatic heterocycles. The fourth-order valence-electron chi connectivity index (χ4n) is 3.15. The van der Waals surface area contributed by atoms with E-state index in [2.05, 4.69) is 10.4 Å². The molecule has 1 aliphatic rings. The van der Waals surface area contributed by atoms with Gasteiger partial charge in [-0.15, -0.1) is 11.3 Å². The number of amides is 2. The number of likely N-dealkylation sites (tertiary alicyclic amines) is 1. The van der Waals surface area contributed by atoms with Crippen LogP contribution in [0.15, 0.2) is 42.7 Å². The van der Waals surface area contributed by atoms with Crippen LogP contribution in [0.4, 0.5) is 0 Å². The molecule has 1 fully saturated rings. The number of nitrogens with zero attached hydrogens (tertiary/aromatic N) is 3. The lowest BCUT2D eigenvalue weighted by Crippen LogP contribution is -2.29. The number of hydrogen-bond donors (Lipinski definition) is 1. The number of rotatable bonds is 7. The van der Waals surface area contributed by atoms with Crippen LogP contribution in [0.5, 0.6) is 0 Å². The van der Waals surface area contributed by atoms with E-state index in [0.717, 1.165) is 24.3 Å². The van der Waals surface area contributed by atoms with Gasteiger partial charge in [-0.25, -0.2) is 0 Å². The molecule has 3 heterocycles. The lowest BCUT2D eigenvalue weighted by molar-refractivity contribution is -0.131. The second-order valence-electron chi connectivity index (χ2n) is 6.25. The van der Waals surface area contributed by atoms with Crippen LogP contribution < -0.4 is 5.32 Å². The molecule has 0 aliphatic carbocycles. The highest BCUT2D eigenvalue weighted by atomic mass is 32.1. The van der Waals surface area contributed by atoms with Crippen molar-refractivity contribution < 1.29 is 9.59 Å². The maximum Gasteiger partial charge on any atom is 0.261 e. The van der Waals surface area contributed by atoms with Crippen LogP contribution in [0.25, 0.3) is 0 Å². The van der Waals surface area contributed by atoms with Gasteiger partial charge in [-0.05, 0) is 38.0 Å². The zero-order valence-electron chi connectivity index (χ0n) is 14.9. The van der Waals surface area contributed by atoms with Gasteiger partial charge in [0.05, 0.1) is 17.5 Å². The van der Waals surface area contributed by atoms with Gasteiger partial charge in [-0.3, -0.25) is 14.3 Å². The van der Waals surface area contributed by atoms with E-state index in [1.54, 1.807) is 10.9 Å². The van der Waals surface area contributed by atoms with E-state index in [0.29, 0.717) is 24.4 Å². The van der Waals surface area contributed by atoms with E-state index < -0.39 is 0 Å². The molecular weight excluding hydrogens is 348 g/mol. The third kappa shape index (κ3) is 4.40. The Bertz CT molecular complexity index is 766. The third-order valence-corrected chi connectivity index (χ3v) is 5.65. The van der Waals surface area contributed by atoms with Crippen LogP contribution in [0.2, 0.25) is 0 Å². The smallest absolute Gasteiger partial charge is 0.261 e. The molecule has 1 saturated heterocycles. The zero-order chi connectivity index (χ0) is 18.4. The Morgan fingerprint density at radius 1 is 1.42 bits per heavy atom. The monoisotopic (exact) mass is 372 g/mol. The standard InChI is InChI=1S/C19H24N4O2S/c1-2-3-7-18(24)23-13-4-6-15(23)16-8-9-17(26-16)19(25)20-11-14-22-12-5-10-21-22/h2-3,5,8-10,12,15H,4,6-7,11,13-14H2,1H3,(H,20,25). The average molecular weight is 372 g/mol. The second-order valence-corrected chi connectivity index (χ2v) is 7.36. The highest BCUT2D eigenvalue weighted by Crippen LogP contribution is 2.36. The molecule has 0 radical (unpaired) electrons. The Morgan fingerprint density at radius 3 is 3.08 bits per heavy atom. The first-order valence-electron chi connectivity index (χ1n) is 8.95. The van der Waals surface area contributed by atoms with Crippen molar-refractivity contribution in [3.05, 3.63) is 52.5 Å². The van der Waals surface area contributed by atoms with Crippen LogP contribution in [0.3, 0.4) is 0 Å². The number of allylic oxidation sites excluding steroid dienone is 1. The van der Waals surface area contributed by atoms with Crippen molar-refractivity contribution in [2.24, 2.45) is 0 Å². The molecule has 1 N–H and O–H groups in total. The molecule has 0 bridgehead atoms. The molecule has 7 heteroatoms. The summed E-state index contributed by atoms with van der Waals surface area (Å²) in [5.74, 6) is 0.0856. The summed E-state index contributed by atoms with van der Waals surface area (Å²) in [6.07, 6.45) is 9.80. The highest BCUT2D eigenvalue weighted by Gasteiger charge is 2.30. The van der Waals surface area contributed by atoms with E-state index >= 15 is 0 Å². The molecule has 0 saturated carbocycles. The van der Waals surface area contributed by atoms with Gasteiger partial charge in [0.15, 0.2) is 0 Å². The predicted octanol–water partition coefficient (Wildman–Crippen LogP) is 3.00. The van der Waals surface area contributed by atoms with Crippen molar-refractivity contribution in [1.29, 1.82) is 0 Å². The first-order valence-corrected chi connectivity index (χ1v) is 9.76. The minimum atomic E-state index is -0.0711. The minimum absolute atomic E-state index is 0.0711. The first-order chi connectivity index (χ1) is 12.7. The predicted molar refractivity (Wildman–Crippen MR) is 102 cm³/mol. The number of nitrogens with one attached hydrogen (secondary N) is 1. The molecule has 138 valence electrons. The van der Waals surface area contributed by atoms with Crippen LogP contribution in [0, 0.1) is 0 Å². The summed E-state index contributed by atoms with van der Waals surface area (Å²) in [6.45, 7) is 3.90. The van der Waals surface area contributed by atoms with Crippen LogP contribution >= 0.6 is 11.3 Å². The maximum absolute atomic E-state index is 12.4. The Balaban J connectivity index is 1.57. The van der Waals surface area contributed by atoms with Gasteiger partial charge in [-0.1, -0.05) is 12.2 Å². The highest BCUT2D eigenvalue weighted by molar-refractivity contribution is 7.14. The van der Waals surface area contributed by atoms with Gasteiger partial charge in [0, 0.05) is 36.8 Å². The molecule has 1 aliphatic heterocycles. The van der Waals surface area contributed by atoms with Crippen molar-refractivity contribution in [1.82, 2.24) is 20.0 Å². The average Bonchev–Trinajstić information content (AvgIpc) is 3.39. The number of hydrogen-bond acceptors (Lipinski definition) is 4. The summed E-state index contributed by atoms with van der Waals surface area (Å²) in [5.41, 5.74) is 0. The fraction of sp³-hybridized carbons (Fsp3) is 0.421. The summed E-state index contributed by atoms with van der Waals surface area (Å²) in [7, 11) is 0. The first kappa shape index (κ1) is 18.4. The molecule has 0 spiro atoms. The summed E-state index contributed by atoms with van der Waals surface area (Å²) in [5, 5.41) is 7.04. The Kier molecular flexibility index (Phi) is 6.22.